The van der Waals surface area contributed by atoms with E-state index in [1.807, 2.05) is 13.8 Å². The maximum Gasteiger partial charge on any atom is 0.212 e. The van der Waals surface area contributed by atoms with Gasteiger partial charge in [0.25, 0.3) is 0 Å². The third-order valence-electron chi connectivity index (χ3n) is 2.84. The van der Waals surface area contributed by atoms with Crippen LogP contribution in [-0.2, 0) is 13.0 Å². The Morgan fingerprint density at radius 2 is 2.06 bits per heavy atom. The molecular weight excluding hydrogens is 256 g/mol. The lowest BCUT2D eigenvalue weighted by atomic mass is 10.1. The van der Waals surface area contributed by atoms with Gasteiger partial charge in [0.05, 0.1) is 15.9 Å². The van der Waals surface area contributed by atoms with Gasteiger partial charge in [-0.1, -0.05) is 18.5 Å². The first kappa shape index (κ1) is 12.7. The van der Waals surface area contributed by atoms with Crippen molar-refractivity contribution in [2.75, 3.05) is 0 Å². The van der Waals surface area contributed by atoms with E-state index in [1.165, 1.54) is 6.07 Å². The largest absolute Gasteiger partial charge is 0.504 e. The molecule has 0 atom stereocenters. The Labute approximate surface area is 108 Å². The van der Waals surface area contributed by atoms with Crippen LogP contribution >= 0.6 is 11.6 Å². The molecular formula is C12H13ClN2O3. The zero-order valence-corrected chi connectivity index (χ0v) is 10.8. The molecule has 0 amide bonds. The molecule has 0 bridgehead atoms. The molecule has 0 spiro atoms. The van der Waals surface area contributed by atoms with Crippen molar-refractivity contribution >= 4 is 22.5 Å². The van der Waals surface area contributed by atoms with Crippen molar-refractivity contribution in [1.82, 2.24) is 9.78 Å². The highest BCUT2D eigenvalue weighted by molar-refractivity contribution is 6.37. The number of rotatable bonds is 2. The van der Waals surface area contributed by atoms with Crippen LogP contribution in [0.1, 0.15) is 19.5 Å². The summed E-state index contributed by atoms with van der Waals surface area (Å²) in [5, 5.41) is 23.4. The predicted molar refractivity (Wildman–Crippen MR) is 69.4 cm³/mol. The molecule has 0 saturated carbocycles. The number of aromatic hydroxyl groups is 2. The van der Waals surface area contributed by atoms with Crippen molar-refractivity contribution in [3.8, 4) is 11.5 Å². The van der Waals surface area contributed by atoms with Gasteiger partial charge in [-0.2, -0.15) is 5.10 Å². The van der Waals surface area contributed by atoms with E-state index in [4.69, 9.17) is 11.6 Å². The van der Waals surface area contributed by atoms with Gasteiger partial charge in [-0.15, -0.1) is 0 Å². The number of benzene rings is 1. The third-order valence-corrected chi connectivity index (χ3v) is 3.21. The van der Waals surface area contributed by atoms with Gasteiger partial charge >= 0.3 is 0 Å². The summed E-state index contributed by atoms with van der Waals surface area (Å²) in [7, 11) is 0. The van der Waals surface area contributed by atoms with Crippen molar-refractivity contribution in [2.24, 2.45) is 0 Å². The minimum atomic E-state index is -0.475. The Hall–Kier alpha value is -1.75. The molecule has 2 rings (SSSR count). The Morgan fingerprint density at radius 1 is 1.39 bits per heavy atom. The normalized spacial score (nSPS) is 11.1. The monoisotopic (exact) mass is 268 g/mol. The molecule has 0 unspecified atom stereocenters. The highest BCUT2D eigenvalue weighted by atomic mass is 35.5. The van der Waals surface area contributed by atoms with Gasteiger partial charge in [0.15, 0.2) is 11.5 Å². The van der Waals surface area contributed by atoms with Gasteiger partial charge in [0.2, 0.25) is 5.43 Å². The smallest absolute Gasteiger partial charge is 0.212 e. The van der Waals surface area contributed by atoms with Gasteiger partial charge < -0.3 is 10.2 Å². The average Bonchev–Trinajstić information content (AvgIpc) is 2.36. The number of phenols is 2. The SMILES string of the molecule is CCc1nn(CC)c2cc(O)c(O)c(Cl)c2c1=O. The van der Waals surface area contributed by atoms with Gasteiger partial charge in [0.1, 0.15) is 5.69 Å². The summed E-state index contributed by atoms with van der Waals surface area (Å²) in [5.74, 6) is -0.836. The Balaban J connectivity index is 3.05. The summed E-state index contributed by atoms with van der Waals surface area (Å²) in [6.07, 6.45) is 0.479. The lowest BCUT2D eigenvalue weighted by Gasteiger charge is -2.12. The number of aryl methyl sites for hydroxylation is 2. The van der Waals surface area contributed by atoms with E-state index in [9.17, 15) is 15.0 Å². The van der Waals surface area contributed by atoms with Crippen LogP contribution in [0, 0.1) is 0 Å². The minimum absolute atomic E-state index is 0.130. The van der Waals surface area contributed by atoms with Crippen LogP contribution in [0.5, 0.6) is 11.5 Å². The van der Waals surface area contributed by atoms with Crippen LogP contribution in [0.25, 0.3) is 10.9 Å². The zero-order valence-electron chi connectivity index (χ0n) is 10.1. The molecule has 0 saturated heterocycles. The van der Waals surface area contributed by atoms with Crippen LogP contribution in [0.2, 0.25) is 5.02 Å². The van der Waals surface area contributed by atoms with E-state index in [0.29, 0.717) is 24.2 Å². The molecule has 6 heteroatoms. The number of fused-ring (bicyclic) bond motifs is 1. The van der Waals surface area contributed by atoms with Crippen molar-refractivity contribution in [3.05, 3.63) is 27.0 Å². The van der Waals surface area contributed by atoms with Crippen molar-refractivity contribution < 1.29 is 10.2 Å². The Bertz CT molecular complexity index is 679. The van der Waals surface area contributed by atoms with Crippen molar-refractivity contribution in [3.63, 3.8) is 0 Å². The standard InChI is InChI=1S/C12H13ClN2O3/c1-3-6-11(17)9-7(15(4-2)14-6)5-8(16)12(18)10(9)13/h5,16,18H,3-4H2,1-2H3. The number of phenolic OH excluding ortho intramolecular Hbond substituents is 2. The molecule has 0 radical (unpaired) electrons. The Kier molecular flexibility index (Phi) is 3.17. The van der Waals surface area contributed by atoms with Gasteiger partial charge in [-0.3, -0.25) is 9.48 Å². The fourth-order valence-electron chi connectivity index (χ4n) is 1.89. The molecule has 0 fully saturated rings. The second-order valence-corrected chi connectivity index (χ2v) is 4.28. The Morgan fingerprint density at radius 3 is 2.61 bits per heavy atom. The lowest BCUT2D eigenvalue weighted by molar-refractivity contribution is 0.404. The summed E-state index contributed by atoms with van der Waals surface area (Å²) in [4.78, 5) is 12.2. The first-order valence-corrected chi connectivity index (χ1v) is 6.03. The molecule has 5 nitrogen and oxygen atoms in total. The van der Waals surface area contributed by atoms with Crippen LogP contribution < -0.4 is 5.43 Å². The lowest BCUT2D eigenvalue weighted by Crippen LogP contribution is -2.18. The molecule has 0 aliphatic rings. The van der Waals surface area contributed by atoms with Crippen molar-refractivity contribution in [2.45, 2.75) is 26.8 Å². The van der Waals surface area contributed by atoms with Gasteiger partial charge in [0, 0.05) is 12.6 Å². The number of aromatic nitrogens is 2. The number of hydrogen-bond donors (Lipinski definition) is 2. The molecule has 18 heavy (non-hydrogen) atoms. The van der Waals surface area contributed by atoms with E-state index >= 15 is 0 Å². The van der Waals surface area contributed by atoms with E-state index in [2.05, 4.69) is 5.10 Å². The van der Waals surface area contributed by atoms with Crippen LogP contribution in [-0.4, -0.2) is 20.0 Å². The molecule has 0 aliphatic carbocycles. The first-order valence-electron chi connectivity index (χ1n) is 5.65. The fourth-order valence-corrected chi connectivity index (χ4v) is 2.17. The summed E-state index contributed by atoms with van der Waals surface area (Å²) >= 11 is 5.94. The average molecular weight is 269 g/mol. The summed E-state index contributed by atoms with van der Waals surface area (Å²) in [6, 6.07) is 1.30. The second-order valence-electron chi connectivity index (χ2n) is 3.90. The van der Waals surface area contributed by atoms with Crippen LogP contribution in [0.15, 0.2) is 10.9 Å². The van der Waals surface area contributed by atoms with E-state index < -0.39 is 5.75 Å². The molecule has 1 aromatic heterocycles. The number of nitrogens with zero attached hydrogens (tertiary/aromatic N) is 2. The molecule has 1 aromatic carbocycles. The second kappa shape index (κ2) is 4.49. The summed E-state index contributed by atoms with van der Waals surface area (Å²) in [5.41, 5.74) is 0.494. The van der Waals surface area contributed by atoms with Gasteiger partial charge in [-0.05, 0) is 13.3 Å². The van der Waals surface area contributed by atoms with Crippen molar-refractivity contribution in [1.29, 1.82) is 0 Å². The van der Waals surface area contributed by atoms with Crippen LogP contribution in [0.3, 0.4) is 0 Å². The minimum Gasteiger partial charge on any atom is -0.504 e. The first-order chi connectivity index (χ1) is 8.51. The van der Waals surface area contributed by atoms with E-state index in [-0.39, 0.29) is 21.6 Å². The highest BCUT2D eigenvalue weighted by Crippen LogP contribution is 2.37. The molecule has 2 aromatic rings. The molecule has 1 heterocycles. The summed E-state index contributed by atoms with van der Waals surface area (Å²) in [6.45, 7) is 4.22. The van der Waals surface area contributed by atoms with Gasteiger partial charge in [-0.25, -0.2) is 0 Å². The van der Waals surface area contributed by atoms with E-state index in [0.717, 1.165) is 0 Å². The third kappa shape index (κ3) is 1.71. The highest BCUT2D eigenvalue weighted by Gasteiger charge is 2.17. The summed E-state index contributed by atoms with van der Waals surface area (Å²) < 4.78 is 1.58. The van der Waals surface area contributed by atoms with E-state index in [1.54, 1.807) is 4.68 Å². The number of halogens is 1. The van der Waals surface area contributed by atoms with Crippen LogP contribution in [0.4, 0.5) is 0 Å². The molecule has 2 N–H and O–H groups in total. The molecule has 96 valence electrons. The fraction of sp³-hybridized carbons (Fsp3) is 0.333. The number of hydrogen-bond acceptors (Lipinski definition) is 4. The predicted octanol–water partition coefficient (Wildman–Crippen LogP) is 2.04. The quantitative estimate of drug-likeness (QED) is 0.818. The maximum absolute atomic E-state index is 12.2. The maximum atomic E-state index is 12.2. The molecule has 0 aliphatic heterocycles. The zero-order chi connectivity index (χ0) is 13.4. The topological polar surface area (TPSA) is 75.3 Å².